The summed E-state index contributed by atoms with van der Waals surface area (Å²) in [5.41, 5.74) is -0.570. The minimum atomic E-state index is -1.30. The maximum Gasteiger partial charge on any atom is 0.132 e. The molecule has 0 amide bonds. The van der Waals surface area contributed by atoms with Gasteiger partial charge in [0.1, 0.15) is 29.9 Å². The summed E-state index contributed by atoms with van der Waals surface area (Å²) in [5, 5.41) is 43.5. The Kier molecular flexibility index (Phi) is 7.59. The zero-order chi connectivity index (χ0) is 18.8. The summed E-state index contributed by atoms with van der Waals surface area (Å²) in [4.78, 5) is 0. The van der Waals surface area contributed by atoms with Crippen molar-refractivity contribution in [3.8, 4) is 0 Å². The van der Waals surface area contributed by atoms with Crippen LogP contribution in [0.2, 0.25) is 0 Å². The molecular formula is C18H35NO5S. The molecule has 0 aromatic rings. The number of aliphatic hydroxyl groups excluding tert-OH is 4. The summed E-state index contributed by atoms with van der Waals surface area (Å²) in [6, 6.07) is 0.957. The van der Waals surface area contributed by atoms with Gasteiger partial charge in [0.25, 0.3) is 0 Å². The molecule has 2 rings (SSSR count). The standard InChI is InChI=1S/C18H35NO5S/c1-5-10(6-2)19-11-7-13(18(3,4)8-11)25-17-16(23)15(22)14(21)12(9-20)24-17/h10-17,19-23H,5-9H2,1-4H3/t11?,12-,13?,14+,15+,16-,17+/m1/s1. The van der Waals surface area contributed by atoms with Crippen molar-refractivity contribution in [2.24, 2.45) is 5.41 Å². The number of aliphatic hydroxyl groups is 4. The topological polar surface area (TPSA) is 102 Å². The molecule has 0 radical (unpaired) electrons. The molecule has 7 atom stereocenters. The quantitative estimate of drug-likeness (QED) is 0.448. The van der Waals surface area contributed by atoms with Gasteiger partial charge in [-0.15, -0.1) is 11.8 Å². The lowest BCUT2D eigenvalue weighted by Crippen LogP contribution is -2.58. The van der Waals surface area contributed by atoms with Crippen LogP contribution in [-0.2, 0) is 4.74 Å². The van der Waals surface area contributed by atoms with Crippen molar-refractivity contribution in [2.45, 2.75) is 101 Å². The van der Waals surface area contributed by atoms with Crippen LogP contribution in [0.1, 0.15) is 53.4 Å². The lowest BCUT2D eigenvalue weighted by Gasteiger charge is -2.41. The average molecular weight is 378 g/mol. The summed E-state index contributed by atoms with van der Waals surface area (Å²) < 4.78 is 5.68. The molecule has 148 valence electrons. The van der Waals surface area contributed by atoms with Crippen molar-refractivity contribution in [2.75, 3.05) is 6.61 Å². The van der Waals surface area contributed by atoms with Crippen molar-refractivity contribution in [1.29, 1.82) is 0 Å². The second kappa shape index (κ2) is 8.87. The molecule has 1 aliphatic carbocycles. The SMILES string of the molecule is CCC(CC)NC1CC(S[C@@H]2O[C@H](CO)[C@H](O)[C@H](O)[C@H]2O)C(C)(C)C1. The summed E-state index contributed by atoms with van der Waals surface area (Å²) in [6.07, 6.45) is -0.342. The van der Waals surface area contributed by atoms with E-state index in [2.05, 4.69) is 33.0 Å². The number of hydrogen-bond acceptors (Lipinski definition) is 7. The van der Waals surface area contributed by atoms with Crippen LogP contribution >= 0.6 is 11.8 Å². The molecule has 1 saturated heterocycles. The first kappa shape index (κ1) is 21.4. The van der Waals surface area contributed by atoms with Crippen LogP contribution in [0.3, 0.4) is 0 Å². The number of ether oxygens (including phenoxy) is 1. The third kappa shape index (κ3) is 4.89. The van der Waals surface area contributed by atoms with E-state index in [1.54, 1.807) is 0 Å². The van der Waals surface area contributed by atoms with Crippen LogP contribution < -0.4 is 5.32 Å². The second-order valence-corrected chi connectivity index (χ2v) is 9.43. The van der Waals surface area contributed by atoms with Gasteiger partial charge in [-0.1, -0.05) is 27.7 Å². The lowest BCUT2D eigenvalue weighted by atomic mass is 9.91. The highest BCUT2D eigenvalue weighted by Gasteiger charge is 2.48. The summed E-state index contributed by atoms with van der Waals surface area (Å²) in [6.45, 7) is 8.46. The van der Waals surface area contributed by atoms with Crippen LogP contribution in [0.5, 0.6) is 0 Å². The molecule has 2 unspecified atom stereocenters. The van der Waals surface area contributed by atoms with Gasteiger partial charge in [-0.25, -0.2) is 0 Å². The molecule has 25 heavy (non-hydrogen) atoms. The highest BCUT2D eigenvalue weighted by atomic mass is 32.2. The first-order chi connectivity index (χ1) is 11.7. The van der Waals surface area contributed by atoms with Gasteiger partial charge in [-0.3, -0.25) is 0 Å². The van der Waals surface area contributed by atoms with Crippen LogP contribution in [0.25, 0.3) is 0 Å². The third-order valence-electron chi connectivity index (χ3n) is 5.75. The van der Waals surface area contributed by atoms with Crippen molar-refractivity contribution < 1.29 is 25.2 Å². The molecule has 5 N–H and O–H groups in total. The van der Waals surface area contributed by atoms with Crippen LogP contribution in [0.15, 0.2) is 0 Å². The third-order valence-corrected chi connectivity index (χ3v) is 7.56. The van der Waals surface area contributed by atoms with Crippen LogP contribution in [0.4, 0.5) is 0 Å². The molecule has 1 saturated carbocycles. The fourth-order valence-electron chi connectivity index (χ4n) is 3.99. The molecule has 0 spiro atoms. The van der Waals surface area contributed by atoms with E-state index in [0.29, 0.717) is 12.1 Å². The molecule has 1 heterocycles. The predicted octanol–water partition coefficient (Wildman–Crippen LogP) is 0.855. The Morgan fingerprint density at radius 1 is 1.12 bits per heavy atom. The first-order valence-corrected chi connectivity index (χ1v) is 10.4. The summed E-state index contributed by atoms with van der Waals surface area (Å²) in [5.74, 6) is 0. The van der Waals surface area contributed by atoms with Crippen molar-refractivity contribution in [1.82, 2.24) is 5.32 Å². The maximum atomic E-state index is 10.3. The lowest BCUT2D eigenvalue weighted by molar-refractivity contribution is -0.205. The number of hydrogen-bond donors (Lipinski definition) is 5. The van der Waals surface area contributed by atoms with Crippen molar-refractivity contribution >= 4 is 11.8 Å². The highest BCUT2D eigenvalue weighted by molar-refractivity contribution is 8.00. The molecule has 6 nitrogen and oxygen atoms in total. The summed E-state index contributed by atoms with van der Waals surface area (Å²) in [7, 11) is 0. The molecule has 1 aliphatic heterocycles. The molecular weight excluding hydrogens is 342 g/mol. The molecule has 0 aromatic heterocycles. The minimum absolute atomic E-state index is 0.0766. The van der Waals surface area contributed by atoms with Gasteiger partial charge in [-0.2, -0.15) is 0 Å². The van der Waals surface area contributed by atoms with Gasteiger partial charge >= 0.3 is 0 Å². The van der Waals surface area contributed by atoms with Gasteiger partial charge in [0.15, 0.2) is 0 Å². The highest BCUT2D eigenvalue weighted by Crippen LogP contribution is 2.47. The number of nitrogens with one attached hydrogen (secondary N) is 1. The van der Waals surface area contributed by atoms with E-state index < -0.39 is 29.9 Å². The van der Waals surface area contributed by atoms with E-state index in [1.165, 1.54) is 11.8 Å². The second-order valence-electron chi connectivity index (χ2n) is 8.13. The Balaban J connectivity index is 2.00. The van der Waals surface area contributed by atoms with E-state index in [9.17, 15) is 20.4 Å². The van der Waals surface area contributed by atoms with Gasteiger partial charge in [0, 0.05) is 17.3 Å². The Hall–Kier alpha value is 0.110. The molecule has 0 aromatic carbocycles. The largest absolute Gasteiger partial charge is 0.394 e. The molecule has 2 fully saturated rings. The first-order valence-electron chi connectivity index (χ1n) is 9.45. The average Bonchev–Trinajstić information content (AvgIpc) is 2.86. The van der Waals surface area contributed by atoms with Gasteiger partial charge < -0.3 is 30.5 Å². The fourth-order valence-corrected chi connectivity index (χ4v) is 5.65. The van der Waals surface area contributed by atoms with Gasteiger partial charge in [0.2, 0.25) is 0 Å². The number of rotatable bonds is 7. The smallest absolute Gasteiger partial charge is 0.132 e. The van der Waals surface area contributed by atoms with E-state index in [-0.39, 0.29) is 17.3 Å². The minimum Gasteiger partial charge on any atom is -0.394 e. The Morgan fingerprint density at radius 2 is 1.76 bits per heavy atom. The van der Waals surface area contributed by atoms with Crippen LogP contribution in [0, 0.1) is 5.41 Å². The maximum absolute atomic E-state index is 10.3. The van der Waals surface area contributed by atoms with E-state index >= 15 is 0 Å². The normalized spacial score (nSPS) is 41.4. The Labute approximate surface area is 155 Å². The Morgan fingerprint density at radius 3 is 2.32 bits per heavy atom. The fraction of sp³-hybridized carbons (Fsp3) is 1.00. The zero-order valence-electron chi connectivity index (χ0n) is 15.8. The monoisotopic (exact) mass is 377 g/mol. The summed E-state index contributed by atoms with van der Waals surface area (Å²) >= 11 is 1.52. The van der Waals surface area contributed by atoms with Crippen molar-refractivity contribution in [3.05, 3.63) is 0 Å². The molecule has 7 heteroatoms. The zero-order valence-corrected chi connectivity index (χ0v) is 16.6. The predicted molar refractivity (Wildman–Crippen MR) is 99.5 cm³/mol. The Bertz CT molecular complexity index is 418. The molecule has 0 bridgehead atoms. The molecule has 2 aliphatic rings. The van der Waals surface area contributed by atoms with Crippen molar-refractivity contribution in [3.63, 3.8) is 0 Å². The number of thioether (sulfide) groups is 1. The van der Waals surface area contributed by atoms with Crippen LogP contribution in [-0.4, -0.2) is 74.2 Å². The van der Waals surface area contributed by atoms with Gasteiger partial charge in [-0.05, 0) is 31.1 Å². The van der Waals surface area contributed by atoms with E-state index in [1.807, 2.05) is 0 Å². The van der Waals surface area contributed by atoms with Gasteiger partial charge in [0.05, 0.1) is 6.61 Å². The van der Waals surface area contributed by atoms with E-state index in [0.717, 1.165) is 25.7 Å². The van der Waals surface area contributed by atoms with E-state index in [4.69, 9.17) is 4.74 Å².